The van der Waals surface area contributed by atoms with Crippen LogP contribution in [0.15, 0.2) is 0 Å². The Balaban J connectivity index is -0.0000000105. The fraction of sp³-hybridized carbons (Fsp3) is 1.00. The van der Waals surface area contributed by atoms with Crippen LogP contribution in [0, 0.1) is 0 Å². The van der Waals surface area contributed by atoms with Gasteiger partial charge in [-0.05, 0) is 0 Å². The Morgan fingerprint density at radius 1 is 0.857 bits per heavy atom. The third-order valence-corrected chi connectivity index (χ3v) is 0. The van der Waals surface area contributed by atoms with E-state index in [-0.39, 0.29) is 32.1 Å². The van der Waals surface area contributed by atoms with Crippen molar-refractivity contribution < 1.29 is 11.0 Å². The van der Waals surface area contributed by atoms with Crippen LogP contribution in [0.2, 0.25) is 9.88 Å². The van der Waals surface area contributed by atoms with Crippen molar-refractivity contribution in [3.8, 4) is 0 Å². The topological polar surface area (TPSA) is 63.0 Å². The Hall–Kier alpha value is 0.719. The summed E-state index contributed by atoms with van der Waals surface area (Å²) >= 11 is 0.230. The molecule has 0 aromatic rings. The molecule has 0 aromatic heterocycles. The van der Waals surface area contributed by atoms with E-state index in [4.69, 9.17) is 0 Å². The van der Waals surface area contributed by atoms with Gasteiger partial charge >= 0.3 is 31.0 Å². The predicted octanol–water partition coefficient (Wildman–Crippen LogP) is 0.164. The van der Waals surface area contributed by atoms with E-state index in [1.807, 2.05) is 13.8 Å². The molecule has 0 spiro atoms. The maximum absolute atomic E-state index is 2.30. The van der Waals surface area contributed by atoms with Crippen LogP contribution in [-0.4, -0.2) is 32.1 Å². The maximum atomic E-state index is 2.30. The molecule has 7 heavy (non-hydrogen) atoms. The van der Waals surface area contributed by atoms with Crippen LogP contribution in [0.4, 0.5) is 0 Å². The first kappa shape index (κ1) is 25.2. The minimum absolute atomic E-state index is 0. The van der Waals surface area contributed by atoms with Gasteiger partial charge in [-0.2, -0.15) is 0 Å². The third kappa shape index (κ3) is 290. The van der Waals surface area contributed by atoms with Crippen LogP contribution in [-0.2, 0) is 0 Å². The second-order valence-corrected chi connectivity index (χ2v) is 3.35. The number of hydrogen-bond acceptors (Lipinski definition) is 0. The van der Waals surface area contributed by atoms with Crippen molar-refractivity contribution in [3.05, 3.63) is 0 Å². The molecule has 0 aromatic carbocycles. The molecule has 0 unspecified atom stereocenters. The molecule has 4 N–H and O–H groups in total. The zero-order valence-corrected chi connectivity index (χ0v) is 8.35. The Morgan fingerprint density at radius 2 is 0.857 bits per heavy atom. The van der Waals surface area contributed by atoms with Gasteiger partial charge in [-0.3, -0.25) is 0 Å². The van der Waals surface area contributed by atoms with Gasteiger partial charge in [-0.1, -0.05) is 13.8 Å². The monoisotopic (exact) mass is 216 g/mol. The van der Waals surface area contributed by atoms with E-state index >= 15 is 0 Å². The van der Waals surface area contributed by atoms with E-state index in [1.165, 1.54) is 0 Å². The Kier molecular flexibility index (Phi) is 268. The van der Waals surface area contributed by atoms with Gasteiger partial charge in [-0.25, -0.2) is 0 Å². The molecule has 2 nitrogen and oxygen atoms in total. The van der Waals surface area contributed by atoms with Gasteiger partial charge in [0.05, 0.1) is 0 Å². The molecule has 0 atom stereocenters. The standard InChI is InChI=1S/C2H6.2CH3.2H2O.Sn/c1-2;;;;;/h1-2H3;2*1H3;2*1H2;. The van der Waals surface area contributed by atoms with Crippen molar-refractivity contribution in [3.63, 3.8) is 0 Å². The molecular weight excluding hydrogens is 199 g/mol. The molecule has 0 bridgehead atoms. The molecule has 0 saturated heterocycles. The molecular formula is C4H16O2Sn. The Bertz CT molecular complexity index is 9.65. The normalized spacial score (nSPS) is 3.43. The van der Waals surface area contributed by atoms with E-state index in [0.29, 0.717) is 0 Å². The average Bonchev–Trinajstić information content (AvgIpc) is 1.46. The van der Waals surface area contributed by atoms with E-state index in [9.17, 15) is 0 Å². The molecule has 0 aliphatic heterocycles. The van der Waals surface area contributed by atoms with Gasteiger partial charge in [0, 0.05) is 0 Å². The molecule has 0 heterocycles. The molecule has 0 aliphatic carbocycles. The van der Waals surface area contributed by atoms with Gasteiger partial charge in [0.1, 0.15) is 0 Å². The van der Waals surface area contributed by atoms with Crippen molar-refractivity contribution in [1.82, 2.24) is 0 Å². The summed E-state index contributed by atoms with van der Waals surface area (Å²) in [5.41, 5.74) is 0. The molecule has 0 aliphatic rings. The van der Waals surface area contributed by atoms with Crippen LogP contribution in [0.25, 0.3) is 0 Å². The van der Waals surface area contributed by atoms with Gasteiger partial charge < -0.3 is 11.0 Å². The SMILES string of the molecule is CC.O.O.[CH3][Sn][CH3]. The van der Waals surface area contributed by atoms with Crippen molar-refractivity contribution in [2.24, 2.45) is 0 Å². The Morgan fingerprint density at radius 3 is 0.857 bits per heavy atom. The van der Waals surface area contributed by atoms with Crippen molar-refractivity contribution in [2.45, 2.75) is 23.7 Å². The summed E-state index contributed by atoms with van der Waals surface area (Å²) in [6, 6.07) is 0. The minimum atomic E-state index is 0. The van der Waals surface area contributed by atoms with E-state index in [1.54, 1.807) is 0 Å². The molecule has 0 amide bonds. The van der Waals surface area contributed by atoms with Gasteiger partial charge in [0.25, 0.3) is 0 Å². The van der Waals surface area contributed by atoms with E-state index in [0.717, 1.165) is 0 Å². The van der Waals surface area contributed by atoms with Crippen LogP contribution in [0.5, 0.6) is 0 Å². The summed E-state index contributed by atoms with van der Waals surface area (Å²) in [5.74, 6) is 0. The summed E-state index contributed by atoms with van der Waals surface area (Å²) in [6.07, 6.45) is 0. The third-order valence-electron chi connectivity index (χ3n) is 0. The quantitative estimate of drug-likeness (QED) is 0.516. The first-order valence-electron chi connectivity index (χ1n) is 2.00. The van der Waals surface area contributed by atoms with Crippen LogP contribution in [0.3, 0.4) is 0 Å². The van der Waals surface area contributed by atoms with Crippen molar-refractivity contribution in [1.29, 1.82) is 0 Å². The summed E-state index contributed by atoms with van der Waals surface area (Å²) in [7, 11) is 0. The van der Waals surface area contributed by atoms with Gasteiger partial charge in [-0.15, -0.1) is 0 Å². The van der Waals surface area contributed by atoms with Crippen LogP contribution >= 0.6 is 0 Å². The average molecular weight is 215 g/mol. The molecule has 2 radical (unpaired) electrons. The predicted molar refractivity (Wildman–Crippen MR) is 36.1 cm³/mol. The van der Waals surface area contributed by atoms with Crippen molar-refractivity contribution >= 4 is 21.1 Å². The summed E-state index contributed by atoms with van der Waals surface area (Å²) in [5, 5.41) is 0. The van der Waals surface area contributed by atoms with Crippen molar-refractivity contribution in [2.75, 3.05) is 0 Å². The summed E-state index contributed by atoms with van der Waals surface area (Å²) in [6.45, 7) is 4.00. The fourth-order valence-electron chi connectivity index (χ4n) is 0. The molecule has 0 saturated carbocycles. The second kappa shape index (κ2) is 74.4. The van der Waals surface area contributed by atoms with E-state index in [2.05, 4.69) is 9.88 Å². The second-order valence-electron chi connectivity index (χ2n) is 0.500. The van der Waals surface area contributed by atoms with Crippen LogP contribution in [0.1, 0.15) is 13.8 Å². The molecule has 0 fully saturated rings. The molecule has 0 rings (SSSR count). The molecule has 3 heteroatoms. The zero-order valence-electron chi connectivity index (χ0n) is 5.50. The van der Waals surface area contributed by atoms with Crippen LogP contribution < -0.4 is 0 Å². The Labute approximate surface area is 56.1 Å². The first-order chi connectivity index (χ1) is 2.41. The van der Waals surface area contributed by atoms with Gasteiger partial charge in [0.15, 0.2) is 0 Å². The zero-order chi connectivity index (χ0) is 4.71. The molecule has 48 valence electrons. The summed E-state index contributed by atoms with van der Waals surface area (Å²) < 4.78 is 0. The van der Waals surface area contributed by atoms with E-state index < -0.39 is 0 Å². The number of hydrogen-bond donors (Lipinski definition) is 0. The fourth-order valence-corrected chi connectivity index (χ4v) is 0. The van der Waals surface area contributed by atoms with Gasteiger partial charge in [0.2, 0.25) is 0 Å². The first-order valence-corrected chi connectivity index (χ1v) is 7.71. The number of rotatable bonds is 0. The summed E-state index contributed by atoms with van der Waals surface area (Å²) in [4.78, 5) is 4.59.